The molecule has 6 nitrogen and oxygen atoms in total. The summed E-state index contributed by atoms with van der Waals surface area (Å²) in [5.74, 6) is 0.294. The van der Waals surface area contributed by atoms with Gasteiger partial charge in [0.1, 0.15) is 5.75 Å². The standard InChI is InChI=1S/C20H19N3O3/c1-26-17-5-3-15(4-6-17)19(24)8-9-20(25)23-22-13-14-2-7-18-16(12-14)10-11-21-18/h2-7,10-13,21H,8-9H2,1H3,(H,23,25)/b22-13+. The Morgan fingerprint density at radius 1 is 1.12 bits per heavy atom. The van der Waals surface area contributed by atoms with Gasteiger partial charge in [-0.1, -0.05) is 6.07 Å². The molecule has 0 atom stereocenters. The molecule has 26 heavy (non-hydrogen) atoms. The second-order valence-electron chi connectivity index (χ2n) is 5.77. The van der Waals surface area contributed by atoms with Crippen molar-refractivity contribution in [2.24, 2.45) is 5.10 Å². The van der Waals surface area contributed by atoms with E-state index < -0.39 is 0 Å². The smallest absolute Gasteiger partial charge is 0.240 e. The Balaban J connectivity index is 1.47. The summed E-state index contributed by atoms with van der Waals surface area (Å²) in [5, 5.41) is 5.02. The number of hydrogen-bond acceptors (Lipinski definition) is 4. The van der Waals surface area contributed by atoms with Crippen molar-refractivity contribution in [1.29, 1.82) is 0 Å². The average molecular weight is 349 g/mol. The van der Waals surface area contributed by atoms with Gasteiger partial charge in [0, 0.05) is 30.1 Å². The molecule has 0 saturated carbocycles. The molecule has 0 aliphatic carbocycles. The Labute approximate surface area is 150 Å². The first kappa shape index (κ1) is 17.4. The number of benzene rings is 2. The van der Waals surface area contributed by atoms with Crippen molar-refractivity contribution in [2.75, 3.05) is 7.11 Å². The van der Waals surface area contributed by atoms with Gasteiger partial charge in [-0.3, -0.25) is 9.59 Å². The maximum atomic E-state index is 12.1. The number of H-pyrrole nitrogens is 1. The van der Waals surface area contributed by atoms with Gasteiger partial charge in [0.15, 0.2) is 5.78 Å². The van der Waals surface area contributed by atoms with E-state index in [4.69, 9.17) is 4.74 Å². The number of nitrogens with one attached hydrogen (secondary N) is 2. The van der Waals surface area contributed by atoms with Gasteiger partial charge in [-0.05, 0) is 53.4 Å². The number of carbonyl (C=O) groups is 2. The topological polar surface area (TPSA) is 83.6 Å². The number of hydrazone groups is 1. The summed E-state index contributed by atoms with van der Waals surface area (Å²) >= 11 is 0. The van der Waals surface area contributed by atoms with E-state index in [1.807, 2.05) is 30.5 Å². The molecule has 132 valence electrons. The zero-order chi connectivity index (χ0) is 18.4. The lowest BCUT2D eigenvalue weighted by Gasteiger charge is -2.03. The van der Waals surface area contributed by atoms with Crippen molar-refractivity contribution >= 4 is 28.8 Å². The molecule has 2 N–H and O–H groups in total. The molecule has 0 radical (unpaired) electrons. The van der Waals surface area contributed by atoms with Crippen molar-refractivity contribution in [3.63, 3.8) is 0 Å². The third kappa shape index (κ3) is 4.36. The summed E-state index contributed by atoms with van der Waals surface area (Å²) in [5.41, 5.74) is 4.93. The minimum Gasteiger partial charge on any atom is -0.497 e. The average Bonchev–Trinajstić information content (AvgIpc) is 3.14. The highest BCUT2D eigenvalue weighted by atomic mass is 16.5. The van der Waals surface area contributed by atoms with Crippen LogP contribution in [0.3, 0.4) is 0 Å². The molecule has 0 bridgehead atoms. The monoisotopic (exact) mass is 349 g/mol. The number of aromatic amines is 1. The van der Waals surface area contributed by atoms with Crippen LogP contribution < -0.4 is 10.2 Å². The van der Waals surface area contributed by atoms with E-state index in [-0.39, 0.29) is 24.5 Å². The first-order valence-electron chi connectivity index (χ1n) is 8.22. The van der Waals surface area contributed by atoms with E-state index in [1.165, 1.54) is 0 Å². The Hall–Kier alpha value is -3.41. The third-order valence-corrected chi connectivity index (χ3v) is 3.97. The van der Waals surface area contributed by atoms with E-state index in [0.717, 1.165) is 16.5 Å². The first-order chi connectivity index (χ1) is 12.7. The van der Waals surface area contributed by atoms with Crippen LogP contribution in [0.5, 0.6) is 5.75 Å². The van der Waals surface area contributed by atoms with Crippen LogP contribution in [0.25, 0.3) is 10.9 Å². The van der Waals surface area contributed by atoms with Crippen LogP contribution in [-0.2, 0) is 4.79 Å². The number of carbonyl (C=O) groups excluding carboxylic acids is 2. The number of ether oxygens (including phenoxy) is 1. The zero-order valence-electron chi connectivity index (χ0n) is 14.4. The molecule has 0 saturated heterocycles. The second-order valence-corrected chi connectivity index (χ2v) is 5.77. The van der Waals surface area contributed by atoms with Gasteiger partial charge < -0.3 is 9.72 Å². The molecular weight excluding hydrogens is 330 g/mol. The highest BCUT2D eigenvalue weighted by Crippen LogP contribution is 2.14. The van der Waals surface area contributed by atoms with Gasteiger partial charge in [0.05, 0.1) is 13.3 Å². The highest BCUT2D eigenvalue weighted by molar-refractivity contribution is 5.98. The van der Waals surface area contributed by atoms with Crippen LogP contribution in [0, 0.1) is 0 Å². The molecule has 0 unspecified atom stereocenters. The molecule has 1 heterocycles. The fraction of sp³-hybridized carbons (Fsp3) is 0.150. The third-order valence-electron chi connectivity index (χ3n) is 3.97. The number of rotatable bonds is 7. The van der Waals surface area contributed by atoms with E-state index in [9.17, 15) is 9.59 Å². The molecular formula is C20H19N3O3. The van der Waals surface area contributed by atoms with Gasteiger partial charge in [-0.25, -0.2) is 5.43 Å². The summed E-state index contributed by atoms with van der Waals surface area (Å²) in [6, 6.07) is 14.6. The van der Waals surface area contributed by atoms with Crippen LogP contribution in [0.4, 0.5) is 0 Å². The Morgan fingerprint density at radius 2 is 1.92 bits per heavy atom. The van der Waals surface area contributed by atoms with Gasteiger partial charge in [-0.2, -0.15) is 5.10 Å². The van der Waals surface area contributed by atoms with Crippen LogP contribution in [0.15, 0.2) is 59.8 Å². The Morgan fingerprint density at radius 3 is 2.69 bits per heavy atom. The number of fused-ring (bicyclic) bond motifs is 1. The number of hydrogen-bond donors (Lipinski definition) is 2. The van der Waals surface area contributed by atoms with E-state index >= 15 is 0 Å². The molecule has 2 aromatic carbocycles. The molecule has 0 aliphatic heterocycles. The molecule has 0 aliphatic rings. The van der Waals surface area contributed by atoms with E-state index in [2.05, 4.69) is 15.5 Å². The van der Waals surface area contributed by atoms with Crippen LogP contribution in [-0.4, -0.2) is 30.0 Å². The Bertz CT molecular complexity index is 942. The first-order valence-corrected chi connectivity index (χ1v) is 8.22. The minimum atomic E-state index is -0.300. The lowest BCUT2D eigenvalue weighted by molar-refractivity contribution is -0.121. The fourth-order valence-electron chi connectivity index (χ4n) is 2.54. The minimum absolute atomic E-state index is 0.0824. The van der Waals surface area contributed by atoms with E-state index in [1.54, 1.807) is 37.6 Å². The summed E-state index contributed by atoms with van der Waals surface area (Å²) < 4.78 is 5.05. The summed E-state index contributed by atoms with van der Waals surface area (Å²) in [6.07, 6.45) is 3.66. The van der Waals surface area contributed by atoms with Crippen molar-refractivity contribution < 1.29 is 14.3 Å². The predicted molar refractivity (Wildman–Crippen MR) is 101 cm³/mol. The van der Waals surface area contributed by atoms with Gasteiger partial charge in [0.2, 0.25) is 5.91 Å². The van der Waals surface area contributed by atoms with Crippen molar-refractivity contribution in [3.05, 3.63) is 65.9 Å². The number of Topliss-reactive ketones (excluding diaryl/α,β-unsaturated/α-hetero) is 1. The molecule has 6 heteroatoms. The second kappa shape index (κ2) is 8.11. The van der Waals surface area contributed by atoms with Crippen LogP contribution in [0.1, 0.15) is 28.8 Å². The number of ketones is 1. The number of nitrogens with zero attached hydrogens (tertiary/aromatic N) is 1. The summed E-state index contributed by atoms with van der Waals surface area (Å²) in [4.78, 5) is 27.0. The lowest BCUT2D eigenvalue weighted by atomic mass is 10.1. The molecule has 0 fully saturated rings. The van der Waals surface area contributed by atoms with Crippen LogP contribution >= 0.6 is 0 Å². The Kier molecular flexibility index (Phi) is 5.43. The predicted octanol–water partition coefficient (Wildman–Crippen LogP) is 3.29. The van der Waals surface area contributed by atoms with Crippen LogP contribution in [0.2, 0.25) is 0 Å². The fourth-order valence-corrected chi connectivity index (χ4v) is 2.54. The quantitative estimate of drug-likeness (QED) is 0.390. The number of aromatic nitrogens is 1. The number of methoxy groups -OCH3 is 1. The number of amides is 1. The van der Waals surface area contributed by atoms with Crippen molar-refractivity contribution in [3.8, 4) is 5.75 Å². The molecule has 1 aromatic heterocycles. The molecule has 3 aromatic rings. The lowest BCUT2D eigenvalue weighted by Crippen LogP contribution is -2.18. The highest BCUT2D eigenvalue weighted by Gasteiger charge is 2.09. The van der Waals surface area contributed by atoms with Gasteiger partial charge >= 0.3 is 0 Å². The largest absolute Gasteiger partial charge is 0.497 e. The maximum absolute atomic E-state index is 12.1. The summed E-state index contributed by atoms with van der Waals surface area (Å²) in [6.45, 7) is 0. The van der Waals surface area contributed by atoms with Gasteiger partial charge in [-0.15, -0.1) is 0 Å². The van der Waals surface area contributed by atoms with Gasteiger partial charge in [0.25, 0.3) is 0 Å². The van der Waals surface area contributed by atoms with E-state index in [0.29, 0.717) is 11.3 Å². The maximum Gasteiger partial charge on any atom is 0.240 e. The zero-order valence-corrected chi connectivity index (χ0v) is 14.4. The normalized spacial score (nSPS) is 11.0. The molecule has 3 rings (SSSR count). The molecule has 0 spiro atoms. The van der Waals surface area contributed by atoms with Crippen molar-refractivity contribution in [2.45, 2.75) is 12.8 Å². The molecule has 1 amide bonds. The summed E-state index contributed by atoms with van der Waals surface area (Å²) in [7, 11) is 1.57. The SMILES string of the molecule is COc1ccc(C(=O)CCC(=O)N/N=C/c2ccc3[nH]ccc3c2)cc1. The van der Waals surface area contributed by atoms with Crippen molar-refractivity contribution in [1.82, 2.24) is 10.4 Å².